The van der Waals surface area contributed by atoms with Crippen LogP contribution < -0.4 is 5.32 Å². The number of pyridine rings is 1. The Hall–Kier alpha value is -2.76. The van der Waals surface area contributed by atoms with Gasteiger partial charge in [0.25, 0.3) is 0 Å². The highest BCUT2D eigenvalue weighted by Crippen LogP contribution is 2.32. The Kier molecular flexibility index (Phi) is 4.55. The van der Waals surface area contributed by atoms with Crippen molar-refractivity contribution in [3.63, 3.8) is 0 Å². The van der Waals surface area contributed by atoms with E-state index in [-0.39, 0.29) is 11.9 Å². The van der Waals surface area contributed by atoms with Gasteiger partial charge in [0.2, 0.25) is 0 Å². The Morgan fingerprint density at radius 2 is 2.17 bits per heavy atom. The number of aromatic nitrogens is 1. The minimum Gasteiger partial charge on any atom is -0.327 e. The number of carbonyl (C=O) groups excluding carboxylic acids is 2. The first-order valence-electron chi connectivity index (χ1n) is 7.84. The van der Waals surface area contributed by atoms with E-state index in [4.69, 9.17) is 0 Å². The highest BCUT2D eigenvalue weighted by Gasteiger charge is 2.33. The van der Waals surface area contributed by atoms with Gasteiger partial charge >= 0.3 is 11.8 Å². The molecule has 1 saturated heterocycles. The largest absolute Gasteiger partial charge is 0.327 e. The fourth-order valence-electron chi connectivity index (χ4n) is 2.97. The predicted molar refractivity (Wildman–Crippen MR) is 87.7 cm³/mol. The number of carbonyl (C=O) groups is 2. The molecule has 124 valence electrons. The lowest BCUT2D eigenvalue weighted by Gasteiger charge is -2.24. The van der Waals surface area contributed by atoms with Crippen LogP contribution in [0, 0.1) is 12.7 Å². The minimum absolute atomic E-state index is 0.269. The number of rotatable bonds is 2. The Labute approximate surface area is 139 Å². The van der Waals surface area contributed by atoms with Gasteiger partial charge in [-0.15, -0.1) is 0 Å². The fraction of sp³-hybridized carbons (Fsp3) is 0.278. The first-order chi connectivity index (χ1) is 11.6. The molecular formula is C18H18FN3O2. The molecular weight excluding hydrogens is 309 g/mol. The van der Waals surface area contributed by atoms with Crippen molar-refractivity contribution in [2.24, 2.45) is 0 Å². The lowest BCUT2D eigenvalue weighted by Crippen LogP contribution is -2.39. The van der Waals surface area contributed by atoms with Crippen LogP contribution >= 0.6 is 0 Å². The summed E-state index contributed by atoms with van der Waals surface area (Å²) in [6.45, 7) is 2.31. The van der Waals surface area contributed by atoms with Gasteiger partial charge in [-0.1, -0.05) is 12.1 Å². The molecule has 2 amide bonds. The molecule has 0 aliphatic carbocycles. The molecule has 0 bridgehead atoms. The van der Waals surface area contributed by atoms with E-state index in [0.717, 1.165) is 12.0 Å². The molecule has 6 heteroatoms. The molecule has 1 aliphatic heterocycles. The lowest BCUT2D eigenvalue weighted by molar-refractivity contribution is -0.143. The molecule has 1 N–H and O–H groups in total. The van der Waals surface area contributed by atoms with Crippen molar-refractivity contribution in [2.45, 2.75) is 25.8 Å². The molecule has 24 heavy (non-hydrogen) atoms. The number of benzene rings is 1. The first kappa shape index (κ1) is 16.1. The van der Waals surface area contributed by atoms with Crippen LogP contribution in [-0.4, -0.2) is 28.2 Å². The SMILES string of the molecule is Cc1ccncc1NC(=O)C(=O)N1CCC[C@@H]1c1cccc(F)c1. The van der Waals surface area contributed by atoms with Crippen LogP contribution in [0.1, 0.15) is 30.0 Å². The normalized spacial score (nSPS) is 16.9. The molecule has 1 aromatic carbocycles. The maximum Gasteiger partial charge on any atom is 0.313 e. The summed E-state index contributed by atoms with van der Waals surface area (Å²) >= 11 is 0. The van der Waals surface area contributed by atoms with Crippen molar-refractivity contribution in [2.75, 3.05) is 11.9 Å². The summed E-state index contributed by atoms with van der Waals surface area (Å²) in [7, 11) is 0. The van der Waals surface area contributed by atoms with Crippen LogP contribution in [0.3, 0.4) is 0 Å². The number of anilines is 1. The summed E-state index contributed by atoms with van der Waals surface area (Å²) in [5.41, 5.74) is 2.05. The molecule has 2 aromatic rings. The molecule has 2 heterocycles. The van der Waals surface area contributed by atoms with Crippen LogP contribution in [0.2, 0.25) is 0 Å². The van der Waals surface area contributed by atoms with E-state index in [1.165, 1.54) is 23.2 Å². The van der Waals surface area contributed by atoms with Gasteiger partial charge < -0.3 is 10.2 Å². The number of hydrogen-bond acceptors (Lipinski definition) is 3. The summed E-state index contributed by atoms with van der Waals surface area (Å²) in [6, 6.07) is 7.66. The summed E-state index contributed by atoms with van der Waals surface area (Å²) in [5, 5.41) is 2.60. The number of nitrogens with one attached hydrogen (secondary N) is 1. The second-order valence-corrected chi connectivity index (χ2v) is 5.86. The maximum atomic E-state index is 13.4. The van der Waals surface area contributed by atoms with Crippen molar-refractivity contribution in [1.29, 1.82) is 0 Å². The summed E-state index contributed by atoms with van der Waals surface area (Å²) < 4.78 is 13.4. The molecule has 0 spiro atoms. The fourth-order valence-corrected chi connectivity index (χ4v) is 2.97. The zero-order chi connectivity index (χ0) is 17.1. The van der Waals surface area contributed by atoms with E-state index in [1.807, 2.05) is 6.92 Å². The van der Waals surface area contributed by atoms with Crippen LogP contribution in [-0.2, 0) is 9.59 Å². The van der Waals surface area contributed by atoms with Crippen LogP contribution in [0.15, 0.2) is 42.7 Å². The smallest absolute Gasteiger partial charge is 0.313 e. The third-order valence-corrected chi connectivity index (χ3v) is 4.23. The van der Waals surface area contributed by atoms with Crippen molar-refractivity contribution in [1.82, 2.24) is 9.88 Å². The van der Waals surface area contributed by atoms with E-state index in [2.05, 4.69) is 10.3 Å². The third kappa shape index (κ3) is 3.27. The zero-order valence-electron chi connectivity index (χ0n) is 13.3. The zero-order valence-corrected chi connectivity index (χ0v) is 13.3. The van der Waals surface area contributed by atoms with Gasteiger partial charge in [0.15, 0.2) is 0 Å². The van der Waals surface area contributed by atoms with Crippen molar-refractivity contribution in [3.05, 3.63) is 59.7 Å². The number of hydrogen-bond donors (Lipinski definition) is 1. The predicted octanol–water partition coefficient (Wildman–Crippen LogP) is 2.83. The van der Waals surface area contributed by atoms with Crippen LogP contribution in [0.4, 0.5) is 10.1 Å². The van der Waals surface area contributed by atoms with E-state index in [1.54, 1.807) is 24.4 Å². The Morgan fingerprint density at radius 3 is 2.92 bits per heavy atom. The van der Waals surface area contributed by atoms with Gasteiger partial charge in [0.05, 0.1) is 17.9 Å². The highest BCUT2D eigenvalue weighted by atomic mass is 19.1. The molecule has 1 atom stereocenters. The van der Waals surface area contributed by atoms with Gasteiger partial charge in [-0.05, 0) is 49.1 Å². The van der Waals surface area contributed by atoms with E-state index in [9.17, 15) is 14.0 Å². The summed E-state index contributed by atoms with van der Waals surface area (Å²) in [6.07, 6.45) is 4.63. The number of halogens is 1. The third-order valence-electron chi connectivity index (χ3n) is 4.23. The van der Waals surface area contributed by atoms with Gasteiger partial charge in [-0.2, -0.15) is 0 Å². The van der Waals surface area contributed by atoms with E-state index < -0.39 is 11.8 Å². The van der Waals surface area contributed by atoms with Crippen LogP contribution in [0.25, 0.3) is 0 Å². The molecule has 1 fully saturated rings. The number of aryl methyl sites for hydroxylation is 1. The molecule has 1 aliphatic rings. The Balaban J connectivity index is 1.76. The van der Waals surface area contributed by atoms with Crippen molar-refractivity contribution >= 4 is 17.5 Å². The van der Waals surface area contributed by atoms with E-state index in [0.29, 0.717) is 24.2 Å². The van der Waals surface area contributed by atoms with Gasteiger partial charge in [-0.25, -0.2) is 4.39 Å². The standard InChI is InChI=1S/C18H18FN3O2/c1-12-7-8-20-11-15(12)21-17(23)18(24)22-9-3-6-16(22)13-4-2-5-14(19)10-13/h2,4-5,7-8,10-11,16H,3,6,9H2,1H3,(H,21,23)/t16-/m1/s1. The van der Waals surface area contributed by atoms with Crippen molar-refractivity contribution < 1.29 is 14.0 Å². The minimum atomic E-state index is -0.700. The molecule has 5 nitrogen and oxygen atoms in total. The number of likely N-dealkylation sites (tertiary alicyclic amines) is 1. The maximum absolute atomic E-state index is 13.4. The van der Waals surface area contributed by atoms with Crippen molar-refractivity contribution in [3.8, 4) is 0 Å². The average molecular weight is 327 g/mol. The second-order valence-electron chi connectivity index (χ2n) is 5.86. The van der Waals surface area contributed by atoms with Gasteiger partial charge in [-0.3, -0.25) is 14.6 Å². The van der Waals surface area contributed by atoms with Crippen LogP contribution in [0.5, 0.6) is 0 Å². The highest BCUT2D eigenvalue weighted by molar-refractivity contribution is 6.39. The molecule has 0 saturated carbocycles. The quantitative estimate of drug-likeness (QED) is 0.863. The second kappa shape index (κ2) is 6.78. The lowest BCUT2D eigenvalue weighted by atomic mass is 10.0. The Morgan fingerprint density at radius 1 is 1.33 bits per heavy atom. The number of nitrogens with zero attached hydrogens (tertiary/aromatic N) is 2. The first-order valence-corrected chi connectivity index (χ1v) is 7.84. The molecule has 0 unspecified atom stereocenters. The van der Waals surface area contributed by atoms with Gasteiger partial charge in [0.1, 0.15) is 5.82 Å². The molecule has 0 radical (unpaired) electrons. The van der Waals surface area contributed by atoms with E-state index >= 15 is 0 Å². The molecule has 1 aromatic heterocycles. The topological polar surface area (TPSA) is 62.3 Å². The average Bonchev–Trinajstić information content (AvgIpc) is 3.06. The number of amides is 2. The summed E-state index contributed by atoms with van der Waals surface area (Å²) in [5.74, 6) is -1.65. The summed E-state index contributed by atoms with van der Waals surface area (Å²) in [4.78, 5) is 30.3. The van der Waals surface area contributed by atoms with Gasteiger partial charge in [0, 0.05) is 12.7 Å². The molecule has 3 rings (SSSR count). The monoisotopic (exact) mass is 327 g/mol. The Bertz CT molecular complexity index is 778.